The van der Waals surface area contributed by atoms with Crippen LogP contribution in [0.25, 0.3) is 0 Å². The van der Waals surface area contributed by atoms with Crippen LogP contribution in [-0.2, 0) is 0 Å². The number of pyridine rings is 1. The zero-order valence-corrected chi connectivity index (χ0v) is 11.2. The highest BCUT2D eigenvalue weighted by atomic mass is 16.1. The Morgan fingerprint density at radius 3 is 3.21 bits per heavy atom. The highest BCUT2D eigenvalue weighted by molar-refractivity contribution is 5.92. The summed E-state index contributed by atoms with van der Waals surface area (Å²) in [4.78, 5) is 18.1. The number of hydrogen-bond acceptors (Lipinski definition) is 4. The van der Waals surface area contributed by atoms with Gasteiger partial charge in [-0.2, -0.15) is 0 Å². The SMILES string of the molecule is CNC(=O)c1cc(N2CC3CCCNC3C2)ccn1. The van der Waals surface area contributed by atoms with E-state index in [0.717, 1.165) is 31.2 Å². The fourth-order valence-electron chi connectivity index (χ4n) is 3.13. The average Bonchev–Trinajstić information content (AvgIpc) is 2.90. The summed E-state index contributed by atoms with van der Waals surface area (Å²) in [6, 6.07) is 4.48. The Kier molecular flexibility index (Phi) is 3.38. The molecule has 2 unspecified atom stereocenters. The topological polar surface area (TPSA) is 57.3 Å². The van der Waals surface area contributed by atoms with E-state index in [1.54, 1.807) is 13.2 Å². The minimum atomic E-state index is -0.128. The Hall–Kier alpha value is -1.62. The second-order valence-electron chi connectivity index (χ2n) is 5.35. The molecule has 2 saturated heterocycles. The number of nitrogens with zero attached hydrogens (tertiary/aromatic N) is 2. The van der Waals surface area contributed by atoms with E-state index in [0.29, 0.717) is 11.7 Å². The van der Waals surface area contributed by atoms with Crippen molar-refractivity contribution in [3.05, 3.63) is 24.0 Å². The molecule has 2 atom stereocenters. The average molecular weight is 260 g/mol. The second kappa shape index (κ2) is 5.17. The fourth-order valence-corrected chi connectivity index (χ4v) is 3.13. The molecule has 3 heterocycles. The Labute approximate surface area is 113 Å². The lowest BCUT2D eigenvalue weighted by Gasteiger charge is -2.24. The fraction of sp³-hybridized carbons (Fsp3) is 0.571. The molecule has 0 aliphatic carbocycles. The molecule has 0 radical (unpaired) electrons. The molecule has 19 heavy (non-hydrogen) atoms. The molecule has 0 bridgehead atoms. The highest BCUT2D eigenvalue weighted by Crippen LogP contribution is 2.29. The summed E-state index contributed by atoms with van der Waals surface area (Å²) in [6.07, 6.45) is 4.30. The van der Waals surface area contributed by atoms with E-state index >= 15 is 0 Å². The van der Waals surface area contributed by atoms with E-state index in [1.807, 2.05) is 12.1 Å². The number of carbonyl (C=O) groups is 1. The third-order valence-corrected chi connectivity index (χ3v) is 4.17. The van der Waals surface area contributed by atoms with Gasteiger partial charge in [-0.3, -0.25) is 9.78 Å². The van der Waals surface area contributed by atoms with Crippen molar-refractivity contribution >= 4 is 11.6 Å². The maximum Gasteiger partial charge on any atom is 0.269 e. The van der Waals surface area contributed by atoms with Crippen molar-refractivity contribution < 1.29 is 4.79 Å². The predicted octanol–water partition coefficient (Wildman–Crippen LogP) is 0.629. The molecule has 0 aromatic carbocycles. The maximum absolute atomic E-state index is 11.6. The van der Waals surface area contributed by atoms with Crippen LogP contribution in [0.4, 0.5) is 5.69 Å². The quantitative estimate of drug-likeness (QED) is 0.819. The number of anilines is 1. The molecule has 102 valence electrons. The molecule has 1 aromatic heterocycles. The summed E-state index contributed by atoms with van der Waals surface area (Å²) in [5.41, 5.74) is 1.59. The molecule has 2 N–H and O–H groups in total. The van der Waals surface area contributed by atoms with Gasteiger partial charge in [-0.15, -0.1) is 0 Å². The van der Waals surface area contributed by atoms with Gasteiger partial charge in [0.2, 0.25) is 0 Å². The molecule has 2 aliphatic rings. The first-order chi connectivity index (χ1) is 9.28. The highest BCUT2D eigenvalue weighted by Gasteiger charge is 2.34. The first-order valence-corrected chi connectivity index (χ1v) is 6.94. The number of nitrogens with one attached hydrogen (secondary N) is 2. The van der Waals surface area contributed by atoms with Crippen molar-refractivity contribution in [2.75, 3.05) is 31.6 Å². The number of rotatable bonds is 2. The van der Waals surface area contributed by atoms with Gasteiger partial charge in [0.1, 0.15) is 5.69 Å². The van der Waals surface area contributed by atoms with Crippen LogP contribution in [0.5, 0.6) is 0 Å². The summed E-state index contributed by atoms with van der Waals surface area (Å²) in [5.74, 6) is 0.613. The second-order valence-corrected chi connectivity index (χ2v) is 5.35. The van der Waals surface area contributed by atoms with Gasteiger partial charge < -0.3 is 15.5 Å². The van der Waals surface area contributed by atoms with Gasteiger partial charge in [0.25, 0.3) is 5.91 Å². The molecule has 5 nitrogen and oxygen atoms in total. The van der Waals surface area contributed by atoms with Crippen LogP contribution >= 0.6 is 0 Å². The number of carbonyl (C=O) groups excluding carboxylic acids is 1. The third-order valence-electron chi connectivity index (χ3n) is 4.17. The number of piperidine rings is 1. The van der Waals surface area contributed by atoms with E-state index < -0.39 is 0 Å². The Balaban J connectivity index is 1.77. The number of aromatic nitrogens is 1. The smallest absolute Gasteiger partial charge is 0.269 e. The van der Waals surface area contributed by atoms with Crippen molar-refractivity contribution in [1.82, 2.24) is 15.6 Å². The minimum absolute atomic E-state index is 0.128. The van der Waals surface area contributed by atoms with E-state index in [1.165, 1.54) is 12.8 Å². The van der Waals surface area contributed by atoms with Crippen LogP contribution in [0, 0.1) is 5.92 Å². The summed E-state index contributed by atoms with van der Waals surface area (Å²) < 4.78 is 0. The minimum Gasteiger partial charge on any atom is -0.370 e. The Morgan fingerprint density at radius 2 is 2.42 bits per heavy atom. The number of fused-ring (bicyclic) bond motifs is 1. The summed E-state index contributed by atoms with van der Waals surface area (Å²) in [5, 5.41) is 6.21. The lowest BCUT2D eigenvalue weighted by atomic mass is 9.94. The standard InChI is InChI=1S/C14H20N4O/c1-15-14(19)12-7-11(4-6-17-12)18-8-10-3-2-5-16-13(10)9-18/h4,6-7,10,13,16H,2-3,5,8-9H2,1H3,(H,15,19). The molecule has 5 heteroatoms. The maximum atomic E-state index is 11.6. The zero-order chi connectivity index (χ0) is 13.2. The van der Waals surface area contributed by atoms with E-state index in [-0.39, 0.29) is 5.91 Å². The number of hydrogen-bond donors (Lipinski definition) is 2. The van der Waals surface area contributed by atoms with Crippen molar-refractivity contribution in [1.29, 1.82) is 0 Å². The molecule has 0 saturated carbocycles. The normalized spacial score (nSPS) is 26.1. The third kappa shape index (κ3) is 2.42. The van der Waals surface area contributed by atoms with Crippen molar-refractivity contribution in [3.63, 3.8) is 0 Å². The van der Waals surface area contributed by atoms with Gasteiger partial charge in [-0.05, 0) is 37.4 Å². The van der Waals surface area contributed by atoms with Crippen LogP contribution in [-0.4, -0.2) is 43.6 Å². The van der Waals surface area contributed by atoms with Crippen LogP contribution in [0.1, 0.15) is 23.3 Å². The van der Waals surface area contributed by atoms with Gasteiger partial charge in [0.15, 0.2) is 0 Å². The summed E-state index contributed by atoms with van der Waals surface area (Å²) >= 11 is 0. The number of amides is 1. The van der Waals surface area contributed by atoms with Gasteiger partial charge in [-0.1, -0.05) is 0 Å². The van der Waals surface area contributed by atoms with Crippen LogP contribution in [0.15, 0.2) is 18.3 Å². The molecular weight excluding hydrogens is 240 g/mol. The predicted molar refractivity (Wildman–Crippen MR) is 74.4 cm³/mol. The molecule has 0 spiro atoms. The first-order valence-electron chi connectivity index (χ1n) is 6.94. The lowest BCUT2D eigenvalue weighted by Crippen LogP contribution is -2.40. The molecule has 1 aromatic rings. The largest absolute Gasteiger partial charge is 0.370 e. The molecule has 3 rings (SSSR count). The van der Waals surface area contributed by atoms with Gasteiger partial charge >= 0.3 is 0 Å². The van der Waals surface area contributed by atoms with E-state index in [2.05, 4.69) is 20.5 Å². The monoisotopic (exact) mass is 260 g/mol. The summed E-state index contributed by atoms with van der Waals surface area (Å²) in [7, 11) is 1.63. The van der Waals surface area contributed by atoms with Gasteiger partial charge in [-0.25, -0.2) is 0 Å². The molecule has 2 aliphatic heterocycles. The lowest BCUT2D eigenvalue weighted by molar-refractivity contribution is 0.0958. The van der Waals surface area contributed by atoms with Crippen molar-refractivity contribution in [3.8, 4) is 0 Å². The van der Waals surface area contributed by atoms with Crippen LogP contribution < -0.4 is 15.5 Å². The van der Waals surface area contributed by atoms with Gasteiger partial charge in [0.05, 0.1) is 0 Å². The zero-order valence-electron chi connectivity index (χ0n) is 11.2. The van der Waals surface area contributed by atoms with Crippen molar-refractivity contribution in [2.24, 2.45) is 5.92 Å². The molecular formula is C14H20N4O. The Morgan fingerprint density at radius 1 is 1.53 bits per heavy atom. The summed E-state index contributed by atoms with van der Waals surface area (Å²) in [6.45, 7) is 3.24. The van der Waals surface area contributed by atoms with Crippen LogP contribution in [0.3, 0.4) is 0 Å². The van der Waals surface area contributed by atoms with E-state index in [9.17, 15) is 4.79 Å². The van der Waals surface area contributed by atoms with Gasteiger partial charge in [0, 0.05) is 38.1 Å². The first kappa shape index (κ1) is 12.4. The molecule has 1 amide bonds. The Bertz CT molecular complexity index is 462. The van der Waals surface area contributed by atoms with Crippen molar-refractivity contribution in [2.45, 2.75) is 18.9 Å². The molecule has 2 fully saturated rings. The van der Waals surface area contributed by atoms with E-state index in [4.69, 9.17) is 0 Å². The van der Waals surface area contributed by atoms with Crippen LogP contribution in [0.2, 0.25) is 0 Å².